The van der Waals surface area contributed by atoms with Crippen molar-refractivity contribution in [2.75, 3.05) is 0 Å². The van der Waals surface area contributed by atoms with Crippen molar-refractivity contribution < 1.29 is 0 Å². The Bertz CT molecular complexity index is 3810. The molecule has 0 fully saturated rings. The standard InChI is InChI=1S/C66H54N4/c1-3-5-39-69-61-37-33-53(43-59(61)67-65(69)49-23-15-9-16-24-49)46-29-27-45(28-30-46)51-31-35-55-57(41-51)63(47-19-11-7-12-20-47)56-36-32-52(42-58(56)64(55)48-21-13-8-14-22-48)54-34-38-62-60(44-54)68-66(70(62)40-6-4-2)50-25-17-10-18-26-50/h7-38,41-44H,3-6,39-40H2,1-2H3. The van der Waals surface area contributed by atoms with Crippen LogP contribution in [0.25, 0.3) is 122 Å². The highest BCUT2D eigenvalue weighted by Crippen LogP contribution is 2.46. The smallest absolute Gasteiger partial charge is 0.141 e. The van der Waals surface area contributed by atoms with Gasteiger partial charge in [-0.25, -0.2) is 9.97 Å². The molecule has 70 heavy (non-hydrogen) atoms. The fourth-order valence-corrected chi connectivity index (χ4v) is 10.6. The molecular weight excluding hydrogens is 849 g/mol. The summed E-state index contributed by atoms with van der Waals surface area (Å²) in [6.45, 7) is 6.39. The largest absolute Gasteiger partial charge is 0.324 e. The number of hydrogen-bond acceptors (Lipinski definition) is 2. The maximum atomic E-state index is 5.29. The second-order valence-corrected chi connectivity index (χ2v) is 18.6. The first kappa shape index (κ1) is 43.0. The normalized spacial score (nSPS) is 11.6. The number of unbranched alkanes of at least 4 members (excludes halogenated alkanes) is 2. The number of fused-ring (bicyclic) bond motifs is 4. The van der Waals surface area contributed by atoms with E-state index in [2.05, 4.69) is 241 Å². The Hall–Kier alpha value is -8.34. The summed E-state index contributed by atoms with van der Waals surface area (Å²) in [6, 6.07) is 79.9. The lowest BCUT2D eigenvalue weighted by atomic mass is 9.84. The second kappa shape index (κ2) is 18.6. The number of hydrogen-bond donors (Lipinski definition) is 0. The van der Waals surface area contributed by atoms with Crippen LogP contribution in [0.15, 0.2) is 218 Å². The average Bonchev–Trinajstić information content (AvgIpc) is 3.99. The van der Waals surface area contributed by atoms with Crippen LogP contribution in [0.2, 0.25) is 0 Å². The van der Waals surface area contributed by atoms with E-state index in [1.165, 1.54) is 82.6 Å². The first-order valence-corrected chi connectivity index (χ1v) is 25.0. The average molecular weight is 903 g/mol. The van der Waals surface area contributed by atoms with Gasteiger partial charge in [-0.2, -0.15) is 0 Å². The molecule has 0 saturated heterocycles. The monoisotopic (exact) mass is 902 g/mol. The number of aryl methyl sites for hydroxylation is 2. The van der Waals surface area contributed by atoms with Gasteiger partial charge >= 0.3 is 0 Å². The van der Waals surface area contributed by atoms with Gasteiger partial charge < -0.3 is 9.13 Å². The molecule has 0 unspecified atom stereocenters. The van der Waals surface area contributed by atoms with Crippen LogP contribution in [0.3, 0.4) is 0 Å². The van der Waals surface area contributed by atoms with Crippen molar-refractivity contribution in [1.29, 1.82) is 0 Å². The molecule has 0 aliphatic heterocycles. The first-order valence-electron chi connectivity index (χ1n) is 25.0. The fourth-order valence-electron chi connectivity index (χ4n) is 10.6. The molecule has 0 bridgehead atoms. The molecule has 4 heteroatoms. The zero-order chi connectivity index (χ0) is 47.0. The Morgan fingerprint density at radius 3 is 1.03 bits per heavy atom. The van der Waals surface area contributed by atoms with Gasteiger partial charge in [-0.3, -0.25) is 0 Å². The molecule has 0 radical (unpaired) electrons. The Labute approximate surface area is 410 Å². The van der Waals surface area contributed by atoms with E-state index in [0.717, 1.165) is 78.1 Å². The molecule has 0 aliphatic carbocycles. The number of aromatic nitrogens is 4. The zero-order valence-corrected chi connectivity index (χ0v) is 39.8. The molecular formula is C66H54N4. The quantitative estimate of drug-likeness (QED) is 0.108. The van der Waals surface area contributed by atoms with Gasteiger partial charge in [0.2, 0.25) is 0 Å². The van der Waals surface area contributed by atoms with Crippen LogP contribution in [0.1, 0.15) is 39.5 Å². The van der Waals surface area contributed by atoms with Crippen LogP contribution in [0.5, 0.6) is 0 Å². The van der Waals surface area contributed by atoms with E-state index in [9.17, 15) is 0 Å². The summed E-state index contributed by atoms with van der Waals surface area (Å²) in [4.78, 5) is 10.5. The van der Waals surface area contributed by atoms with Gasteiger partial charge in [-0.1, -0.05) is 209 Å². The molecule has 2 heterocycles. The van der Waals surface area contributed by atoms with Crippen molar-refractivity contribution in [3.63, 3.8) is 0 Å². The van der Waals surface area contributed by atoms with Gasteiger partial charge in [0.1, 0.15) is 11.6 Å². The van der Waals surface area contributed by atoms with E-state index in [1.807, 2.05) is 0 Å². The summed E-state index contributed by atoms with van der Waals surface area (Å²) >= 11 is 0. The van der Waals surface area contributed by atoms with Crippen molar-refractivity contribution in [1.82, 2.24) is 19.1 Å². The van der Waals surface area contributed by atoms with Crippen molar-refractivity contribution >= 4 is 43.6 Å². The Morgan fingerprint density at radius 1 is 0.300 bits per heavy atom. The highest BCUT2D eigenvalue weighted by atomic mass is 15.1. The number of nitrogens with zero attached hydrogens (tertiary/aromatic N) is 4. The lowest BCUT2D eigenvalue weighted by Crippen LogP contribution is -2.00. The third-order valence-corrected chi connectivity index (χ3v) is 14.2. The highest BCUT2D eigenvalue weighted by molar-refractivity contribution is 6.22. The molecule has 12 rings (SSSR count). The molecule has 2 aromatic heterocycles. The SMILES string of the molecule is CCCCn1c(-c2ccccc2)nc2cc(-c3ccc(-c4ccc5c(-c6ccccc6)c6cc(-c7ccc8c(c7)nc(-c7ccccc7)n8CCCC)ccc6c(-c6ccccc6)c5c4)cc3)ccc21. The molecule has 0 spiro atoms. The van der Waals surface area contributed by atoms with E-state index in [4.69, 9.17) is 9.97 Å². The summed E-state index contributed by atoms with van der Waals surface area (Å²) < 4.78 is 4.79. The van der Waals surface area contributed by atoms with E-state index in [1.54, 1.807) is 0 Å². The van der Waals surface area contributed by atoms with Crippen LogP contribution in [-0.2, 0) is 13.1 Å². The number of imidazole rings is 2. The third kappa shape index (κ3) is 7.86. The van der Waals surface area contributed by atoms with Crippen molar-refractivity contribution in [3.8, 4) is 78.4 Å². The van der Waals surface area contributed by atoms with Crippen LogP contribution in [0, 0.1) is 0 Å². The summed E-state index contributed by atoms with van der Waals surface area (Å²) in [5.74, 6) is 2.06. The van der Waals surface area contributed by atoms with Gasteiger partial charge in [-0.15, -0.1) is 0 Å². The van der Waals surface area contributed by atoms with Gasteiger partial charge in [-0.05, 0) is 126 Å². The van der Waals surface area contributed by atoms with E-state index in [-0.39, 0.29) is 0 Å². The highest BCUT2D eigenvalue weighted by Gasteiger charge is 2.20. The molecule has 12 aromatic rings. The minimum atomic E-state index is 0.940. The van der Waals surface area contributed by atoms with Crippen LogP contribution >= 0.6 is 0 Å². The fraction of sp³-hybridized carbons (Fsp3) is 0.121. The van der Waals surface area contributed by atoms with Crippen molar-refractivity contribution in [3.05, 3.63) is 218 Å². The first-order chi connectivity index (χ1) is 34.6. The number of benzene rings is 10. The zero-order valence-electron chi connectivity index (χ0n) is 39.8. The van der Waals surface area contributed by atoms with Gasteiger partial charge in [0.25, 0.3) is 0 Å². The van der Waals surface area contributed by atoms with Gasteiger partial charge in [0, 0.05) is 24.2 Å². The molecule has 338 valence electrons. The van der Waals surface area contributed by atoms with E-state index < -0.39 is 0 Å². The lowest BCUT2D eigenvalue weighted by Gasteiger charge is -2.19. The number of rotatable bonds is 13. The van der Waals surface area contributed by atoms with E-state index >= 15 is 0 Å². The molecule has 0 N–H and O–H groups in total. The summed E-state index contributed by atoms with van der Waals surface area (Å²) in [6.07, 6.45) is 4.48. The molecule has 0 atom stereocenters. The molecule has 10 aromatic carbocycles. The molecule has 4 nitrogen and oxygen atoms in total. The molecule has 0 saturated carbocycles. The summed E-state index contributed by atoms with van der Waals surface area (Å²) in [7, 11) is 0. The lowest BCUT2D eigenvalue weighted by molar-refractivity contribution is 0.651. The summed E-state index contributed by atoms with van der Waals surface area (Å²) in [5.41, 5.74) is 18.6. The van der Waals surface area contributed by atoms with Crippen LogP contribution in [-0.4, -0.2) is 19.1 Å². The molecule has 0 aliphatic rings. The maximum Gasteiger partial charge on any atom is 0.141 e. The molecule has 0 amide bonds. The predicted octanol–water partition coefficient (Wildman–Crippen LogP) is 18.0. The third-order valence-electron chi connectivity index (χ3n) is 14.2. The van der Waals surface area contributed by atoms with Gasteiger partial charge in [0.05, 0.1) is 22.1 Å². The topological polar surface area (TPSA) is 35.6 Å². The van der Waals surface area contributed by atoms with Crippen LogP contribution in [0.4, 0.5) is 0 Å². The minimum absolute atomic E-state index is 0.940. The van der Waals surface area contributed by atoms with Crippen LogP contribution < -0.4 is 0 Å². The predicted molar refractivity (Wildman–Crippen MR) is 296 cm³/mol. The summed E-state index contributed by atoms with van der Waals surface area (Å²) in [5, 5.41) is 4.92. The minimum Gasteiger partial charge on any atom is -0.324 e. The Kier molecular flexibility index (Phi) is 11.4. The Balaban J connectivity index is 0.971. The van der Waals surface area contributed by atoms with Crippen molar-refractivity contribution in [2.45, 2.75) is 52.6 Å². The maximum absolute atomic E-state index is 5.29. The van der Waals surface area contributed by atoms with Crippen molar-refractivity contribution in [2.24, 2.45) is 0 Å². The van der Waals surface area contributed by atoms with E-state index in [0.29, 0.717) is 0 Å². The second-order valence-electron chi connectivity index (χ2n) is 18.6. The Morgan fingerprint density at radius 2 is 0.629 bits per heavy atom. The van der Waals surface area contributed by atoms with Gasteiger partial charge in [0.15, 0.2) is 0 Å².